The summed E-state index contributed by atoms with van der Waals surface area (Å²) in [5.74, 6) is 1.48. The first-order chi connectivity index (χ1) is 13.7. The highest BCUT2D eigenvalue weighted by Crippen LogP contribution is 2.21. The molecule has 0 saturated carbocycles. The van der Waals surface area contributed by atoms with Crippen molar-refractivity contribution in [1.29, 1.82) is 0 Å². The van der Waals surface area contributed by atoms with Crippen molar-refractivity contribution in [1.82, 2.24) is 19.7 Å². The fourth-order valence-corrected chi connectivity index (χ4v) is 3.45. The number of nitrogens with zero attached hydrogens (tertiary/aromatic N) is 4. The standard InChI is InChI=1S/C23H23ClN4/c1-18(17-27-15-5-6-16-27)9-14-22-25-23(19-10-12-20(24)13-11-19)26-28(22)21-7-3-2-4-8-21/h2-4,7-14,17H,5-6,15-16H2,1H3/b14-9+,18-17+. The van der Waals surface area contributed by atoms with Crippen LogP contribution in [0.3, 0.4) is 0 Å². The van der Waals surface area contributed by atoms with Crippen LogP contribution in [0.25, 0.3) is 23.2 Å². The van der Waals surface area contributed by atoms with Crippen molar-refractivity contribution >= 4 is 17.7 Å². The van der Waals surface area contributed by atoms with E-state index in [9.17, 15) is 0 Å². The fraction of sp³-hybridized carbons (Fsp3) is 0.217. The Kier molecular flexibility index (Phi) is 5.58. The monoisotopic (exact) mass is 390 g/mol. The van der Waals surface area contributed by atoms with E-state index in [0.29, 0.717) is 10.8 Å². The molecule has 4 nitrogen and oxygen atoms in total. The van der Waals surface area contributed by atoms with Gasteiger partial charge in [0.2, 0.25) is 0 Å². The highest BCUT2D eigenvalue weighted by atomic mass is 35.5. The lowest BCUT2D eigenvalue weighted by Gasteiger charge is -2.11. The molecule has 5 heteroatoms. The second-order valence-corrected chi connectivity index (χ2v) is 7.43. The van der Waals surface area contributed by atoms with Gasteiger partial charge in [-0.1, -0.05) is 35.9 Å². The van der Waals surface area contributed by atoms with E-state index in [-0.39, 0.29) is 0 Å². The molecule has 1 aliphatic rings. The van der Waals surface area contributed by atoms with Gasteiger partial charge in [-0.3, -0.25) is 0 Å². The van der Waals surface area contributed by atoms with Gasteiger partial charge in [0.05, 0.1) is 5.69 Å². The molecule has 0 atom stereocenters. The lowest BCUT2D eigenvalue weighted by molar-refractivity contribution is 0.465. The van der Waals surface area contributed by atoms with Gasteiger partial charge in [-0.25, -0.2) is 9.67 Å². The van der Waals surface area contributed by atoms with Gasteiger partial charge < -0.3 is 4.90 Å². The third-order valence-electron chi connectivity index (χ3n) is 4.76. The van der Waals surface area contributed by atoms with Gasteiger partial charge in [0, 0.05) is 29.9 Å². The Morgan fingerprint density at radius 2 is 1.71 bits per heavy atom. The average Bonchev–Trinajstić information content (AvgIpc) is 3.37. The van der Waals surface area contributed by atoms with Gasteiger partial charge in [0.1, 0.15) is 0 Å². The summed E-state index contributed by atoms with van der Waals surface area (Å²) in [6.45, 7) is 4.41. The third kappa shape index (κ3) is 4.34. The summed E-state index contributed by atoms with van der Waals surface area (Å²) < 4.78 is 1.88. The molecule has 4 rings (SSSR count). The van der Waals surface area contributed by atoms with Crippen LogP contribution in [0.5, 0.6) is 0 Å². The van der Waals surface area contributed by atoms with Gasteiger partial charge >= 0.3 is 0 Å². The smallest absolute Gasteiger partial charge is 0.182 e. The quantitative estimate of drug-likeness (QED) is 0.531. The Hall–Kier alpha value is -2.85. The van der Waals surface area contributed by atoms with Crippen molar-refractivity contribution in [2.75, 3.05) is 13.1 Å². The van der Waals surface area contributed by atoms with Crippen molar-refractivity contribution in [3.8, 4) is 17.1 Å². The molecule has 0 amide bonds. The zero-order chi connectivity index (χ0) is 19.3. The van der Waals surface area contributed by atoms with Crippen LogP contribution in [0.2, 0.25) is 5.02 Å². The minimum Gasteiger partial charge on any atom is -0.377 e. The van der Waals surface area contributed by atoms with Crippen LogP contribution < -0.4 is 0 Å². The van der Waals surface area contributed by atoms with E-state index in [1.807, 2.05) is 65.4 Å². The van der Waals surface area contributed by atoms with Crippen LogP contribution in [0, 0.1) is 0 Å². The zero-order valence-electron chi connectivity index (χ0n) is 15.9. The molecule has 1 saturated heterocycles. The largest absolute Gasteiger partial charge is 0.377 e. The number of rotatable bonds is 5. The minimum absolute atomic E-state index is 0.682. The molecule has 0 aliphatic carbocycles. The molecule has 28 heavy (non-hydrogen) atoms. The molecular weight excluding hydrogens is 368 g/mol. The van der Waals surface area contributed by atoms with E-state index >= 15 is 0 Å². The highest BCUT2D eigenvalue weighted by molar-refractivity contribution is 6.30. The Morgan fingerprint density at radius 1 is 1.00 bits per heavy atom. The Balaban J connectivity index is 1.68. The van der Waals surface area contributed by atoms with Crippen LogP contribution in [0.15, 0.2) is 72.4 Å². The van der Waals surface area contributed by atoms with Gasteiger partial charge in [0.15, 0.2) is 11.6 Å². The number of likely N-dealkylation sites (tertiary alicyclic amines) is 1. The molecule has 0 N–H and O–H groups in total. The van der Waals surface area contributed by atoms with Gasteiger partial charge in [-0.15, -0.1) is 5.10 Å². The van der Waals surface area contributed by atoms with Crippen LogP contribution in [-0.4, -0.2) is 32.8 Å². The van der Waals surface area contributed by atoms with Crippen molar-refractivity contribution in [2.24, 2.45) is 0 Å². The van der Waals surface area contributed by atoms with E-state index in [1.165, 1.54) is 18.4 Å². The van der Waals surface area contributed by atoms with Gasteiger partial charge in [-0.2, -0.15) is 0 Å². The molecule has 2 heterocycles. The van der Waals surface area contributed by atoms with Gasteiger partial charge in [0.25, 0.3) is 0 Å². The van der Waals surface area contributed by atoms with Crippen LogP contribution in [0.1, 0.15) is 25.6 Å². The summed E-state index contributed by atoms with van der Waals surface area (Å²) in [6, 6.07) is 17.7. The summed E-state index contributed by atoms with van der Waals surface area (Å²) in [5, 5.41) is 5.45. The molecule has 2 aromatic carbocycles. The lowest BCUT2D eigenvalue weighted by Crippen LogP contribution is -2.11. The second-order valence-electron chi connectivity index (χ2n) is 7.00. The van der Waals surface area contributed by atoms with Crippen LogP contribution in [-0.2, 0) is 0 Å². The summed E-state index contributed by atoms with van der Waals surface area (Å²) in [5.41, 5.74) is 3.13. The first kappa shape index (κ1) is 18.5. The first-order valence-corrected chi connectivity index (χ1v) is 9.96. The Labute approximate surface area is 170 Å². The molecule has 0 radical (unpaired) electrons. The molecule has 1 aromatic heterocycles. The first-order valence-electron chi connectivity index (χ1n) is 9.58. The molecule has 142 valence electrons. The summed E-state index contributed by atoms with van der Waals surface area (Å²) >= 11 is 6.02. The fourth-order valence-electron chi connectivity index (χ4n) is 3.32. The SMILES string of the molecule is CC(/C=C/c1nc(-c2ccc(Cl)cc2)nn1-c1ccccc1)=C\N1CCCC1. The van der Waals surface area contributed by atoms with Crippen molar-refractivity contribution in [3.63, 3.8) is 0 Å². The number of hydrogen-bond donors (Lipinski definition) is 0. The predicted octanol–water partition coefficient (Wildman–Crippen LogP) is 5.60. The van der Waals surface area contributed by atoms with Crippen LogP contribution in [0.4, 0.5) is 0 Å². The number of halogens is 1. The van der Waals surface area contributed by atoms with E-state index < -0.39 is 0 Å². The predicted molar refractivity (Wildman–Crippen MR) is 115 cm³/mol. The van der Waals surface area contributed by atoms with E-state index in [4.69, 9.17) is 21.7 Å². The summed E-state index contributed by atoms with van der Waals surface area (Å²) in [6.07, 6.45) is 8.92. The molecular formula is C23H23ClN4. The van der Waals surface area contributed by atoms with Crippen LogP contribution >= 0.6 is 11.6 Å². The number of allylic oxidation sites excluding steroid dienone is 2. The van der Waals surface area contributed by atoms with Gasteiger partial charge in [-0.05, 0) is 67.8 Å². The maximum absolute atomic E-state index is 6.02. The minimum atomic E-state index is 0.682. The van der Waals surface area contributed by atoms with E-state index in [1.54, 1.807) is 0 Å². The topological polar surface area (TPSA) is 34.0 Å². The molecule has 0 spiro atoms. The number of para-hydroxylation sites is 1. The Bertz CT molecular complexity index is 981. The number of benzene rings is 2. The zero-order valence-corrected chi connectivity index (χ0v) is 16.7. The summed E-state index contributed by atoms with van der Waals surface area (Å²) in [7, 11) is 0. The molecule has 1 aliphatic heterocycles. The molecule has 0 bridgehead atoms. The second kappa shape index (κ2) is 8.44. The van der Waals surface area contributed by atoms with E-state index in [0.717, 1.165) is 30.2 Å². The number of aromatic nitrogens is 3. The lowest BCUT2D eigenvalue weighted by atomic mass is 10.2. The highest BCUT2D eigenvalue weighted by Gasteiger charge is 2.12. The van der Waals surface area contributed by atoms with Crippen molar-refractivity contribution in [3.05, 3.63) is 83.3 Å². The molecule has 0 unspecified atom stereocenters. The maximum atomic E-state index is 6.02. The molecule has 3 aromatic rings. The van der Waals surface area contributed by atoms with Crippen molar-refractivity contribution in [2.45, 2.75) is 19.8 Å². The average molecular weight is 391 g/mol. The third-order valence-corrected chi connectivity index (χ3v) is 5.01. The molecule has 1 fully saturated rings. The number of hydrogen-bond acceptors (Lipinski definition) is 3. The maximum Gasteiger partial charge on any atom is 0.182 e. The normalized spacial score (nSPS) is 14.9. The summed E-state index contributed by atoms with van der Waals surface area (Å²) in [4.78, 5) is 7.15. The van der Waals surface area contributed by atoms with E-state index in [2.05, 4.69) is 24.1 Å². The van der Waals surface area contributed by atoms with Crippen molar-refractivity contribution < 1.29 is 0 Å². The Morgan fingerprint density at radius 3 is 2.43 bits per heavy atom.